The highest BCUT2D eigenvalue weighted by Gasteiger charge is 2.25. The lowest BCUT2D eigenvalue weighted by Gasteiger charge is -2.18. The molecule has 7 N–H and O–H groups in total. The van der Waals surface area contributed by atoms with Crippen molar-refractivity contribution in [2.75, 3.05) is 7.11 Å². The van der Waals surface area contributed by atoms with Crippen molar-refractivity contribution >= 4 is 23.8 Å². The van der Waals surface area contributed by atoms with Gasteiger partial charge < -0.3 is 31.7 Å². The number of benzene rings is 2. The summed E-state index contributed by atoms with van der Waals surface area (Å²) in [6.07, 6.45) is 0.111. The number of nitrogens with one attached hydrogen (secondary N) is 1. The fraction of sp³-hybridized carbons (Fsp3) is 0.304. The van der Waals surface area contributed by atoms with Gasteiger partial charge in [-0.25, -0.2) is 4.79 Å². The van der Waals surface area contributed by atoms with Crippen molar-refractivity contribution in [2.24, 2.45) is 11.5 Å². The number of hydrogen-bond acceptors (Lipinski definition) is 7. The molecule has 0 fully saturated rings. The van der Waals surface area contributed by atoms with Crippen LogP contribution in [0.5, 0.6) is 0 Å². The Morgan fingerprint density at radius 1 is 0.848 bits per heavy atom. The minimum absolute atomic E-state index is 0.235. The van der Waals surface area contributed by atoms with Gasteiger partial charge in [-0.15, -0.1) is 0 Å². The van der Waals surface area contributed by atoms with Crippen LogP contribution in [-0.4, -0.2) is 59.3 Å². The highest BCUT2D eigenvalue weighted by molar-refractivity contribution is 5.89. The van der Waals surface area contributed by atoms with Gasteiger partial charge in [0.1, 0.15) is 12.1 Å². The highest BCUT2D eigenvalue weighted by atomic mass is 16.5. The smallest absolute Gasteiger partial charge is 0.328 e. The molecule has 0 spiro atoms. The van der Waals surface area contributed by atoms with E-state index in [1.54, 1.807) is 12.1 Å². The maximum Gasteiger partial charge on any atom is 0.328 e. The van der Waals surface area contributed by atoms with Crippen LogP contribution in [0, 0.1) is 0 Å². The highest BCUT2D eigenvalue weighted by Crippen LogP contribution is 2.05. The summed E-state index contributed by atoms with van der Waals surface area (Å²) >= 11 is 0. The van der Waals surface area contributed by atoms with Gasteiger partial charge >= 0.3 is 17.9 Å². The van der Waals surface area contributed by atoms with Crippen LogP contribution < -0.4 is 16.8 Å². The van der Waals surface area contributed by atoms with Gasteiger partial charge in [-0.1, -0.05) is 60.7 Å². The average molecular weight is 459 g/mol. The summed E-state index contributed by atoms with van der Waals surface area (Å²) in [5, 5.41) is 19.5. The largest absolute Gasteiger partial charge is 0.481 e. The van der Waals surface area contributed by atoms with Crippen LogP contribution in [-0.2, 0) is 36.8 Å². The number of amides is 1. The molecular formula is C23H29N3O7. The number of nitrogens with two attached hydrogens (primary N) is 2. The normalized spacial score (nSPS) is 12.8. The van der Waals surface area contributed by atoms with E-state index in [0.717, 1.165) is 11.1 Å². The Bertz CT molecular complexity index is 907. The summed E-state index contributed by atoms with van der Waals surface area (Å²) in [6, 6.07) is 15.5. The molecule has 0 saturated carbocycles. The lowest BCUT2D eigenvalue weighted by atomic mass is 10.1. The first-order valence-corrected chi connectivity index (χ1v) is 10.1. The maximum atomic E-state index is 11.8. The lowest BCUT2D eigenvalue weighted by Crippen LogP contribution is -2.50. The van der Waals surface area contributed by atoms with E-state index in [2.05, 4.69) is 10.1 Å². The zero-order valence-corrected chi connectivity index (χ0v) is 18.2. The first-order chi connectivity index (χ1) is 15.6. The number of methoxy groups -OCH3 is 1. The van der Waals surface area contributed by atoms with Crippen LogP contribution in [0.3, 0.4) is 0 Å². The topological polar surface area (TPSA) is 182 Å². The predicted molar refractivity (Wildman–Crippen MR) is 120 cm³/mol. The molecule has 178 valence electrons. The second-order valence-corrected chi connectivity index (χ2v) is 7.11. The number of carbonyl (C=O) groups excluding carboxylic acids is 2. The van der Waals surface area contributed by atoms with Crippen molar-refractivity contribution in [3.8, 4) is 0 Å². The van der Waals surface area contributed by atoms with Crippen LogP contribution >= 0.6 is 0 Å². The first kappa shape index (κ1) is 27.3. The van der Waals surface area contributed by atoms with E-state index in [0.29, 0.717) is 6.42 Å². The van der Waals surface area contributed by atoms with Crippen molar-refractivity contribution in [1.82, 2.24) is 5.32 Å². The van der Waals surface area contributed by atoms with Gasteiger partial charge in [0, 0.05) is 6.42 Å². The predicted octanol–water partition coefficient (Wildman–Crippen LogP) is 0.330. The first-order valence-electron chi connectivity index (χ1n) is 10.1. The second kappa shape index (κ2) is 14.3. The van der Waals surface area contributed by atoms with Crippen molar-refractivity contribution in [1.29, 1.82) is 0 Å². The Morgan fingerprint density at radius 2 is 1.33 bits per heavy atom. The SMILES string of the molecule is COC(=O)[C@H](Cc1ccccc1)NC(=O)[C@@H](N)CC(=O)O.N[C@@H](Cc1ccccc1)C(=O)O. The third kappa shape index (κ3) is 10.9. The summed E-state index contributed by atoms with van der Waals surface area (Å²) in [5.41, 5.74) is 12.6. The van der Waals surface area contributed by atoms with E-state index in [9.17, 15) is 19.2 Å². The minimum Gasteiger partial charge on any atom is -0.481 e. The monoisotopic (exact) mass is 459 g/mol. The number of rotatable bonds is 10. The van der Waals surface area contributed by atoms with Crippen LogP contribution in [0.25, 0.3) is 0 Å². The van der Waals surface area contributed by atoms with E-state index in [4.69, 9.17) is 21.7 Å². The molecule has 10 heteroatoms. The van der Waals surface area contributed by atoms with Gasteiger partial charge in [0.25, 0.3) is 0 Å². The molecule has 0 heterocycles. The van der Waals surface area contributed by atoms with E-state index in [1.807, 2.05) is 48.5 Å². The fourth-order valence-corrected chi connectivity index (χ4v) is 2.70. The van der Waals surface area contributed by atoms with Crippen molar-refractivity contribution in [2.45, 2.75) is 37.4 Å². The molecule has 2 aromatic carbocycles. The van der Waals surface area contributed by atoms with Crippen molar-refractivity contribution in [3.05, 3.63) is 71.8 Å². The molecule has 0 saturated heterocycles. The van der Waals surface area contributed by atoms with E-state index >= 15 is 0 Å². The van der Waals surface area contributed by atoms with Crippen LogP contribution in [0.15, 0.2) is 60.7 Å². The van der Waals surface area contributed by atoms with Gasteiger partial charge in [0.15, 0.2) is 0 Å². The van der Waals surface area contributed by atoms with Gasteiger partial charge in [-0.3, -0.25) is 14.4 Å². The van der Waals surface area contributed by atoms with Gasteiger partial charge in [-0.2, -0.15) is 0 Å². The zero-order valence-electron chi connectivity index (χ0n) is 18.2. The Balaban J connectivity index is 0.000000383. The molecule has 0 aromatic heterocycles. The molecule has 1 amide bonds. The second-order valence-electron chi connectivity index (χ2n) is 7.11. The maximum absolute atomic E-state index is 11.8. The van der Waals surface area contributed by atoms with Gasteiger partial charge in [0.05, 0.1) is 19.6 Å². The van der Waals surface area contributed by atoms with E-state index in [-0.39, 0.29) is 6.42 Å². The quantitative estimate of drug-likeness (QED) is 0.313. The van der Waals surface area contributed by atoms with Gasteiger partial charge in [0.2, 0.25) is 5.91 Å². The third-order valence-corrected chi connectivity index (χ3v) is 4.43. The summed E-state index contributed by atoms with van der Waals surface area (Å²) in [5.74, 6) is -3.47. The molecule has 33 heavy (non-hydrogen) atoms. The third-order valence-electron chi connectivity index (χ3n) is 4.43. The summed E-state index contributed by atoms with van der Waals surface area (Å²) in [7, 11) is 1.21. The minimum atomic E-state index is -1.22. The average Bonchev–Trinajstić information content (AvgIpc) is 2.79. The molecule has 3 atom stereocenters. The molecular weight excluding hydrogens is 430 g/mol. The molecule has 0 unspecified atom stereocenters. The standard InChI is InChI=1S/C14H18N2O5.C9H11NO2/c1-21-14(20)11(7-9-5-3-2-4-6-9)16-13(19)10(15)8-12(17)18;10-8(9(11)12)6-7-4-2-1-3-5-7/h2-6,10-11H,7-8,15H2,1H3,(H,16,19)(H,17,18);1-5,8H,6,10H2,(H,11,12)/t10-,11-;8-/m00/s1. The van der Waals surface area contributed by atoms with Crippen LogP contribution in [0.4, 0.5) is 0 Å². The van der Waals surface area contributed by atoms with E-state index < -0.39 is 48.4 Å². The number of esters is 1. The molecule has 0 aliphatic carbocycles. The number of carbonyl (C=O) groups is 4. The molecule has 2 rings (SSSR count). The molecule has 2 aromatic rings. The summed E-state index contributed by atoms with van der Waals surface area (Å²) < 4.78 is 4.64. The number of carboxylic acid groups (broad SMARTS) is 2. The molecule has 0 aliphatic heterocycles. The Labute approximate surface area is 191 Å². The van der Waals surface area contributed by atoms with E-state index in [1.165, 1.54) is 7.11 Å². The van der Waals surface area contributed by atoms with Crippen molar-refractivity contribution in [3.63, 3.8) is 0 Å². The molecule has 0 radical (unpaired) electrons. The Morgan fingerprint density at radius 3 is 1.76 bits per heavy atom. The zero-order chi connectivity index (χ0) is 24.8. The van der Waals surface area contributed by atoms with Crippen LogP contribution in [0.2, 0.25) is 0 Å². The molecule has 10 nitrogen and oxygen atoms in total. The number of hydrogen-bond donors (Lipinski definition) is 5. The molecule has 0 bridgehead atoms. The van der Waals surface area contributed by atoms with Crippen molar-refractivity contribution < 1.29 is 34.1 Å². The Hall–Kier alpha value is -3.76. The summed E-state index contributed by atoms with van der Waals surface area (Å²) in [4.78, 5) is 44.4. The number of aliphatic carboxylic acids is 2. The molecule has 0 aliphatic rings. The lowest BCUT2D eigenvalue weighted by molar-refractivity contribution is -0.145. The Kier molecular flexibility index (Phi) is 11.8. The van der Waals surface area contributed by atoms with Crippen LogP contribution in [0.1, 0.15) is 17.5 Å². The van der Waals surface area contributed by atoms with Gasteiger partial charge in [-0.05, 0) is 17.5 Å². The number of ether oxygens (including phenoxy) is 1. The fourth-order valence-electron chi connectivity index (χ4n) is 2.70. The summed E-state index contributed by atoms with van der Waals surface area (Å²) in [6.45, 7) is 0. The number of carboxylic acids is 2.